The molecular weight excluding hydrogens is 402 g/mol. The van der Waals surface area contributed by atoms with Crippen LogP contribution in [-0.2, 0) is 6.42 Å². The van der Waals surface area contributed by atoms with Gasteiger partial charge < -0.3 is 15.1 Å². The van der Waals surface area contributed by atoms with Gasteiger partial charge in [-0.25, -0.2) is 4.98 Å². The SMILES string of the molecule is O/N=C1\CCc2cc(Nc3c(-c4cccn4-c4cccnc4)nc4cnccn34)ccc21. The standard InChI is InChI=1S/C24H19N7O/c32-29-20-8-5-16-13-17(6-7-19(16)20)27-24-23(28-22-15-26-10-12-31(22)24)21-4-2-11-30(21)18-3-1-9-25-14-18/h1-4,6-7,9-15,27,32H,5,8H2/b29-20+. The fraction of sp³-hybridized carbons (Fsp3) is 0.0833. The molecule has 5 aromatic rings. The van der Waals surface area contributed by atoms with Crippen molar-refractivity contribution in [1.82, 2.24) is 23.9 Å². The fourth-order valence-corrected chi connectivity index (χ4v) is 4.29. The minimum Gasteiger partial charge on any atom is -0.411 e. The Labute approximate surface area is 183 Å². The third kappa shape index (κ3) is 2.92. The molecule has 0 saturated heterocycles. The van der Waals surface area contributed by atoms with Crippen LogP contribution in [0.5, 0.6) is 0 Å². The van der Waals surface area contributed by atoms with E-state index >= 15 is 0 Å². The van der Waals surface area contributed by atoms with E-state index in [4.69, 9.17) is 4.98 Å². The number of aryl methyl sites for hydroxylation is 1. The van der Waals surface area contributed by atoms with Crippen LogP contribution in [0.25, 0.3) is 22.7 Å². The van der Waals surface area contributed by atoms with E-state index < -0.39 is 0 Å². The molecule has 4 heterocycles. The zero-order valence-corrected chi connectivity index (χ0v) is 17.1. The number of aromatic nitrogens is 5. The molecule has 0 fully saturated rings. The third-order valence-electron chi connectivity index (χ3n) is 5.78. The van der Waals surface area contributed by atoms with Crippen molar-refractivity contribution in [3.05, 3.63) is 90.8 Å². The van der Waals surface area contributed by atoms with Crippen LogP contribution >= 0.6 is 0 Å². The zero-order chi connectivity index (χ0) is 21.5. The van der Waals surface area contributed by atoms with Gasteiger partial charge in [0.25, 0.3) is 0 Å². The van der Waals surface area contributed by atoms with Crippen LogP contribution in [0.1, 0.15) is 17.5 Å². The van der Waals surface area contributed by atoms with Gasteiger partial charge in [-0.1, -0.05) is 11.2 Å². The molecule has 0 saturated carbocycles. The lowest BCUT2D eigenvalue weighted by molar-refractivity contribution is 0.318. The topological polar surface area (TPSA) is 92.6 Å². The van der Waals surface area contributed by atoms with E-state index in [1.807, 2.05) is 59.4 Å². The van der Waals surface area contributed by atoms with Crippen LogP contribution < -0.4 is 5.32 Å². The third-order valence-corrected chi connectivity index (χ3v) is 5.78. The molecule has 0 bridgehead atoms. The summed E-state index contributed by atoms with van der Waals surface area (Å²) in [5.41, 5.74) is 7.32. The van der Waals surface area contributed by atoms with Crippen molar-refractivity contribution in [2.45, 2.75) is 12.8 Å². The zero-order valence-electron chi connectivity index (χ0n) is 17.1. The highest BCUT2D eigenvalue weighted by Gasteiger charge is 2.21. The van der Waals surface area contributed by atoms with Crippen LogP contribution in [0.2, 0.25) is 0 Å². The molecule has 8 nitrogen and oxygen atoms in total. The van der Waals surface area contributed by atoms with E-state index in [1.54, 1.807) is 18.6 Å². The molecule has 8 heteroatoms. The Morgan fingerprint density at radius 3 is 2.78 bits per heavy atom. The largest absolute Gasteiger partial charge is 0.411 e. The number of hydrogen-bond acceptors (Lipinski definition) is 6. The normalized spacial score (nSPS) is 14.2. The van der Waals surface area contributed by atoms with Crippen molar-refractivity contribution >= 4 is 22.9 Å². The monoisotopic (exact) mass is 421 g/mol. The van der Waals surface area contributed by atoms with Crippen LogP contribution in [0.15, 0.2) is 84.8 Å². The molecule has 4 aromatic heterocycles. The number of anilines is 2. The summed E-state index contributed by atoms with van der Waals surface area (Å²) >= 11 is 0. The van der Waals surface area contributed by atoms with Gasteiger partial charge >= 0.3 is 0 Å². The smallest absolute Gasteiger partial charge is 0.157 e. The lowest BCUT2D eigenvalue weighted by Gasteiger charge is -2.12. The summed E-state index contributed by atoms with van der Waals surface area (Å²) in [5, 5.41) is 16.2. The maximum atomic E-state index is 9.22. The van der Waals surface area contributed by atoms with Crippen molar-refractivity contribution in [3.8, 4) is 17.1 Å². The molecule has 1 aromatic carbocycles. The first-order valence-corrected chi connectivity index (χ1v) is 10.3. The number of oxime groups is 1. The van der Waals surface area contributed by atoms with Crippen LogP contribution in [0.3, 0.4) is 0 Å². The van der Waals surface area contributed by atoms with Crippen LogP contribution in [0, 0.1) is 0 Å². The van der Waals surface area contributed by atoms with Gasteiger partial charge in [0.2, 0.25) is 0 Å². The van der Waals surface area contributed by atoms with Crippen molar-refractivity contribution < 1.29 is 5.21 Å². The molecule has 156 valence electrons. The minimum atomic E-state index is 0.738. The molecule has 0 amide bonds. The highest BCUT2D eigenvalue weighted by Crippen LogP contribution is 2.34. The number of fused-ring (bicyclic) bond motifs is 2. The Kier molecular flexibility index (Phi) is 4.21. The molecule has 0 spiro atoms. The Bertz CT molecular complexity index is 1470. The van der Waals surface area contributed by atoms with Gasteiger partial charge in [0.1, 0.15) is 11.5 Å². The minimum absolute atomic E-state index is 0.738. The summed E-state index contributed by atoms with van der Waals surface area (Å²) < 4.78 is 4.07. The first-order chi connectivity index (χ1) is 15.8. The summed E-state index contributed by atoms with van der Waals surface area (Å²) in [6, 6.07) is 14.1. The summed E-state index contributed by atoms with van der Waals surface area (Å²) in [6.07, 6.45) is 12.6. The fourth-order valence-electron chi connectivity index (χ4n) is 4.29. The van der Waals surface area contributed by atoms with E-state index in [2.05, 4.69) is 31.1 Å². The number of imidazole rings is 1. The van der Waals surface area contributed by atoms with E-state index in [9.17, 15) is 5.21 Å². The van der Waals surface area contributed by atoms with Crippen molar-refractivity contribution in [2.75, 3.05) is 5.32 Å². The molecule has 1 aliphatic rings. The van der Waals surface area contributed by atoms with Crippen molar-refractivity contribution in [2.24, 2.45) is 5.16 Å². The Hall–Kier alpha value is -4.46. The van der Waals surface area contributed by atoms with Gasteiger partial charge in [0.05, 0.1) is 29.5 Å². The molecule has 0 unspecified atom stereocenters. The van der Waals surface area contributed by atoms with Crippen molar-refractivity contribution in [1.29, 1.82) is 0 Å². The lowest BCUT2D eigenvalue weighted by atomic mass is 10.1. The molecule has 2 N–H and O–H groups in total. The predicted octanol–water partition coefficient (Wildman–Crippen LogP) is 4.45. The molecule has 6 rings (SSSR count). The number of rotatable bonds is 4. The molecule has 0 aliphatic heterocycles. The quantitative estimate of drug-likeness (QED) is 0.330. The average molecular weight is 421 g/mol. The summed E-state index contributed by atoms with van der Waals surface area (Å²) in [4.78, 5) is 13.4. The summed E-state index contributed by atoms with van der Waals surface area (Å²) in [7, 11) is 0. The lowest BCUT2D eigenvalue weighted by Crippen LogP contribution is -2.01. The average Bonchev–Trinajstić information content (AvgIpc) is 3.56. The second-order valence-electron chi connectivity index (χ2n) is 7.63. The van der Waals surface area contributed by atoms with Gasteiger partial charge in [0.15, 0.2) is 5.65 Å². The van der Waals surface area contributed by atoms with Gasteiger partial charge in [-0.05, 0) is 54.8 Å². The molecule has 0 atom stereocenters. The van der Waals surface area contributed by atoms with E-state index in [0.717, 1.165) is 58.3 Å². The van der Waals surface area contributed by atoms with Crippen molar-refractivity contribution in [3.63, 3.8) is 0 Å². The Morgan fingerprint density at radius 2 is 1.91 bits per heavy atom. The van der Waals surface area contributed by atoms with E-state index in [1.165, 1.54) is 5.56 Å². The number of hydrogen-bond donors (Lipinski definition) is 2. The molecular formula is C24H19N7O. The number of benzene rings is 1. The van der Waals surface area contributed by atoms with Gasteiger partial charge in [0, 0.05) is 36.0 Å². The first-order valence-electron chi connectivity index (χ1n) is 10.3. The molecule has 1 aliphatic carbocycles. The van der Waals surface area contributed by atoms with Gasteiger partial charge in [-0.2, -0.15) is 0 Å². The number of nitrogens with one attached hydrogen (secondary N) is 1. The maximum Gasteiger partial charge on any atom is 0.157 e. The second-order valence-corrected chi connectivity index (χ2v) is 7.63. The van der Waals surface area contributed by atoms with Gasteiger partial charge in [-0.3, -0.25) is 14.4 Å². The molecule has 32 heavy (non-hydrogen) atoms. The predicted molar refractivity (Wildman–Crippen MR) is 122 cm³/mol. The van der Waals surface area contributed by atoms with Crippen LogP contribution in [-0.4, -0.2) is 34.8 Å². The van der Waals surface area contributed by atoms with E-state index in [-0.39, 0.29) is 0 Å². The summed E-state index contributed by atoms with van der Waals surface area (Å²) in [5.74, 6) is 0.847. The number of pyridine rings is 1. The Morgan fingerprint density at radius 1 is 0.969 bits per heavy atom. The maximum absolute atomic E-state index is 9.22. The van der Waals surface area contributed by atoms with E-state index in [0.29, 0.717) is 0 Å². The highest BCUT2D eigenvalue weighted by atomic mass is 16.4. The molecule has 0 radical (unpaired) electrons. The number of nitrogens with zero attached hydrogens (tertiary/aromatic N) is 6. The summed E-state index contributed by atoms with van der Waals surface area (Å²) in [6.45, 7) is 0. The van der Waals surface area contributed by atoms with Crippen LogP contribution in [0.4, 0.5) is 11.5 Å². The first kappa shape index (κ1) is 18.3. The Balaban J connectivity index is 1.48. The van der Waals surface area contributed by atoms with Gasteiger partial charge in [-0.15, -0.1) is 0 Å². The highest BCUT2D eigenvalue weighted by molar-refractivity contribution is 6.04. The second kappa shape index (κ2) is 7.35.